The van der Waals surface area contributed by atoms with Gasteiger partial charge in [0, 0.05) is 41.7 Å². The molecule has 1 aromatic heterocycles. The molecule has 1 amide bonds. The minimum absolute atomic E-state index is 0.0513. The van der Waals surface area contributed by atoms with Crippen molar-refractivity contribution < 1.29 is 4.79 Å². The van der Waals surface area contributed by atoms with Crippen LogP contribution in [0.4, 0.5) is 5.69 Å². The van der Waals surface area contributed by atoms with Gasteiger partial charge in [-0.25, -0.2) is 0 Å². The molecule has 0 saturated carbocycles. The summed E-state index contributed by atoms with van der Waals surface area (Å²) < 4.78 is 0.730. The number of carbonyl (C=O) groups excluding carboxylic acids is 1. The SMILES string of the molecule is CN(Cc1cccnc1)C(=O)c1ccc(N)c(Br)c1. The lowest BCUT2D eigenvalue weighted by Gasteiger charge is -2.17. The first-order valence-electron chi connectivity index (χ1n) is 5.77. The zero-order chi connectivity index (χ0) is 13.8. The van der Waals surface area contributed by atoms with Crippen molar-refractivity contribution in [1.29, 1.82) is 0 Å². The maximum absolute atomic E-state index is 12.3. The molecule has 0 aliphatic rings. The number of hydrogen-bond acceptors (Lipinski definition) is 3. The van der Waals surface area contributed by atoms with Crippen LogP contribution in [0.25, 0.3) is 0 Å². The molecule has 2 N–H and O–H groups in total. The summed E-state index contributed by atoms with van der Waals surface area (Å²) in [5.74, 6) is -0.0513. The third kappa shape index (κ3) is 3.32. The number of nitrogens with two attached hydrogens (primary N) is 1. The Kier molecular flexibility index (Phi) is 4.16. The van der Waals surface area contributed by atoms with Crippen LogP contribution in [0.2, 0.25) is 0 Å². The number of amides is 1. The number of halogens is 1. The molecule has 0 bridgehead atoms. The molecule has 0 unspecified atom stereocenters. The van der Waals surface area contributed by atoms with Gasteiger partial charge >= 0.3 is 0 Å². The lowest BCUT2D eigenvalue weighted by molar-refractivity contribution is 0.0785. The molecule has 4 nitrogen and oxygen atoms in total. The Morgan fingerprint density at radius 2 is 2.21 bits per heavy atom. The average molecular weight is 320 g/mol. The smallest absolute Gasteiger partial charge is 0.253 e. The van der Waals surface area contributed by atoms with Crippen molar-refractivity contribution in [2.75, 3.05) is 12.8 Å². The van der Waals surface area contributed by atoms with Gasteiger partial charge in [0.2, 0.25) is 0 Å². The van der Waals surface area contributed by atoms with Gasteiger partial charge in [0.15, 0.2) is 0 Å². The van der Waals surface area contributed by atoms with Gasteiger partial charge in [-0.3, -0.25) is 9.78 Å². The highest BCUT2D eigenvalue weighted by molar-refractivity contribution is 9.10. The molecule has 0 radical (unpaired) electrons. The average Bonchev–Trinajstić information content (AvgIpc) is 2.42. The van der Waals surface area contributed by atoms with E-state index in [4.69, 9.17) is 5.73 Å². The summed E-state index contributed by atoms with van der Waals surface area (Å²) in [7, 11) is 1.76. The summed E-state index contributed by atoms with van der Waals surface area (Å²) in [4.78, 5) is 17.9. The van der Waals surface area contributed by atoms with E-state index in [0.717, 1.165) is 10.0 Å². The summed E-state index contributed by atoms with van der Waals surface area (Å²) in [6.45, 7) is 0.522. The van der Waals surface area contributed by atoms with E-state index in [9.17, 15) is 4.79 Å². The largest absolute Gasteiger partial charge is 0.398 e. The minimum atomic E-state index is -0.0513. The fraction of sp³-hybridized carbons (Fsp3) is 0.143. The predicted octanol–water partition coefficient (Wildman–Crippen LogP) is 2.70. The minimum Gasteiger partial charge on any atom is -0.398 e. The van der Waals surface area contributed by atoms with E-state index >= 15 is 0 Å². The maximum Gasteiger partial charge on any atom is 0.253 e. The number of benzene rings is 1. The molecule has 0 atom stereocenters. The number of nitrogen functional groups attached to an aromatic ring is 1. The first-order chi connectivity index (χ1) is 9.08. The van der Waals surface area contributed by atoms with Gasteiger partial charge in [-0.2, -0.15) is 0 Å². The van der Waals surface area contributed by atoms with Crippen LogP contribution >= 0.6 is 15.9 Å². The molecule has 0 spiro atoms. The monoisotopic (exact) mass is 319 g/mol. The second kappa shape index (κ2) is 5.84. The third-order valence-corrected chi connectivity index (χ3v) is 3.42. The van der Waals surface area contributed by atoms with Gasteiger partial charge in [-0.1, -0.05) is 6.07 Å². The molecule has 0 aliphatic heterocycles. The third-order valence-electron chi connectivity index (χ3n) is 2.74. The van der Waals surface area contributed by atoms with Crippen LogP contribution in [0.1, 0.15) is 15.9 Å². The highest BCUT2D eigenvalue weighted by Crippen LogP contribution is 2.21. The number of nitrogens with zero attached hydrogens (tertiary/aromatic N) is 2. The number of hydrogen-bond donors (Lipinski definition) is 1. The molecule has 2 rings (SSSR count). The summed E-state index contributed by atoms with van der Waals surface area (Å²) in [5, 5.41) is 0. The number of rotatable bonds is 3. The fourth-order valence-electron chi connectivity index (χ4n) is 1.72. The Bertz CT molecular complexity index is 586. The summed E-state index contributed by atoms with van der Waals surface area (Å²) in [6, 6.07) is 8.97. The fourth-order valence-corrected chi connectivity index (χ4v) is 2.10. The van der Waals surface area contributed by atoms with Crippen LogP contribution in [-0.4, -0.2) is 22.8 Å². The lowest BCUT2D eigenvalue weighted by atomic mass is 10.1. The Balaban J connectivity index is 2.12. The zero-order valence-electron chi connectivity index (χ0n) is 10.5. The van der Waals surface area contributed by atoms with Gasteiger partial charge in [0.05, 0.1) is 0 Å². The highest BCUT2D eigenvalue weighted by atomic mass is 79.9. The molecule has 1 heterocycles. The standard InChI is InChI=1S/C14H14BrN3O/c1-18(9-10-3-2-6-17-8-10)14(19)11-4-5-13(16)12(15)7-11/h2-8H,9,16H2,1H3. The number of carbonyl (C=O) groups is 1. The highest BCUT2D eigenvalue weighted by Gasteiger charge is 2.13. The molecule has 0 saturated heterocycles. The van der Waals surface area contributed by atoms with E-state index in [-0.39, 0.29) is 5.91 Å². The molecular formula is C14H14BrN3O. The maximum atomic E-state index is 12.3. The molecule has 0 fully saturated rings. The van der Waals surface area contributed by atoms with Crippen LogP contribution in [-0.2, 0) is 6.54 Å². The van der Waals surface area contributed by atoms with Crippen molar-refractivity contribution >= 4 is 27.5 Å². The Morgan fingerprint density at radius 3 is 2.84 bits per heavy atom. The number of aromatic nitrogens is 1. The lowest BCUT2D eigenvalue weighted by Crippen LogP contribution is -2.26. The predicted molar refractivity (Wildman–Crippen MR) is 78.6 cm³/mol. The van der Waals surface area contributed by atoms with Crippen molar-refractivity contribution in [3.8, 4) is 0 Å². The first-order valence-corrected chi connectivity index (χ1v) is 6.56. The van der Waals surface area contributed by atoms with Crippen molar-refractivity contribution in [1.82, 2.24) is 9.88 Å². The second-order valence-electron chi connectivity index (χ2n) is 4.26. The van der Waals surface area contributed by atoms with E-state index in [1.54, 1.807) is 42.5 Å². The quantitative estimate of drug-likeness (QED) is 0.885. The van der Waals surface area contributed by atoms with E-state index < -0.39 is 0 Å². The van der Waals surface area contributed by atoms with Gasteiger partial charge in [-0.15, -0.1) is 0 Å². The molecular weight excluding hydrogens is 306 g/mol. The van der Waals surface area contributed by atoms with E-state index in [1.165, 1.54) is 0 Å². The van der Waals surface area contributed by atoms with Gasteiger partial charge in [0.25, 0.3) is 5.91 Å². The van der Waals surface area contributed by atoms with E-state index in [0.29, 0.717) is 17.8 Å². The van der Waals surface area contributed by atoms with Crippen LogP contribution < -0.4 is 5.73 Å². The molecule has 2 aromatic rings. The normalized spacial score (nSPS) is 10.2. The van der Waals surface area contributed by atoms with Crippen molar-refractivity contribution in [3.05, 3.63) is 58.3 Å². The zero-order valence-corrected chi connectivity index (χ0v) is 12.1. The van der Waals surface area contributed by atoms with Crippen LogP contribution in [0, 0.1) is 0 Å². The second-order valence-corrected chi connectivity index (χ2v) is 5.11. The van der Waals surface area contributed by atoms with Gasteiger partial charge in [0.1, 0.15) is 0 Å². The Labute approximate surface area is 120 Å². The number of anilines is 1. The molecule has 0 aliphatic carbocycles. The molecule has 98 valence electrons. The number of pyridine rings is 1. The van der Waals surface area contributed by atoms with Crippen molar-refractivity contribution in [2.45, 2.75) is 6.54 Å². The van der Waals surface area contributed by atoms with Crippen molar-refractivity contribution in [3.63, 3.8) is 0 Å². The Hall–Kier alpha value is -1.88. The van der Waals surface area contributed by atoms with Crippen LogP contribution in [0.5, 0.6) is 0 Å². The molecule has 1 aromatic carbocycles. The summed E-state index contributed by atoms with van der Waals surface area (Å²) >= 11 is 3.32. The molecule has 5 heteroatoms. The van der Waals surface area contributed by atoms with Gasteiger partial charge in [-0.05, 0) is 45.8 Å². The van der Waals surface area contributed by atoms with Crippen LogP contribution in [0.3, 0.4) is 0 Å². The summed E-state index contributed by atoms with van der Waals surface area (Å²) in [5.41, 5.74) is 7.92. The van der Waals surface area contributed by atoms with Crippen molar-refractivity contribution in [2.24, 2.45) is 0 Å². The van der Waals surface area contributed by atoms with Gasteiger partial charge < -0.3 is 10.6 Å². The Morgan fingerprint density at radius 1 is 1.42 bits per heavy atom. The topological polar surface area (TPSA) is 59.2 Å². The molecule has 19 heavy (non-hydrogen) atoms. The van der Waals surface area contributed by atoms with E-state index in [1.807, 2.05) is 12.1 Å². The van der Waals surface area contributed by atoms with E-state index in [2.05, 4.69) is 20.9 Å². The first kappa shape index (κ1) is 13.5. The summed E-state index contributed by atoms with van der Waals surface area (Å²) in [6.07, 6.45) is 3.46. The van der Waals surface area contributed by atoms with Crippen LogP contribution in [0.15, 0.2) is 47.2 Å².